The Morgan fingerprint density at radius 2 is 0.522 bits per heavy atom. The second kappa shape index (κ2) is 21.9. The van der Waals surface area contributed by atoms with Crippen LogP contribution in [0.25, 0.3) is 0 Å². The molecule has 0 saturated carbocycles. The smallest absolute Gasteiger partial charge is 0.388 e. The molecule has 69 heavy (non-hydrogen) atoms. The molecule has 0 spiro atoms. The lowest BCUT2D eigenvalue weighted by molar-refractivity contribution is -0.375. The van der Waals surface area contributed by atoms with Crippen LogP contribution < -0.4 is 0 Å². The predicted molar refractivity (Wildman–Crippen MR) is 201 cm³/mol. The maximum Gasteiger partial charge on any atom is 0.397 e. The van der Waals surface area contributed by atoms with E-state index in [-0.39, 0.29) is 0 Å². The van der Waals surface area contributed by atoms with Crippen molar-refractivity contribution < 1.29 is 169 Å². The van der Waals surface area contributed by atoms with E-state index in [1.165, 1.54) is 0 Å². The molecular formula is C24H42O38S7. The van der Waals surface area contributed by atoms with Crippen molar-refractivity contribution in [3.8, 4) is 0 Å². The van der Waals surface area contributed by atoms with Gasteiger partial charge in [0.25, 0.3) is 0 Å². The van der Waals surface area contributed by atoms with Crippen LogP contribution in [0.15, 0.2) is 0 Å². The zero-order valence-electron chi connectivity index (χ0n) is 34.3. The van der Waals surface area contributed by atoms with Gasteiger partial charge in [0.2, 0.25) is 0 Å². The van der Waals surface area contributed by atoms with Crippen LogP contribution in [0.2, 0.25) is 0 Å². The highest BCUT2D eigenvalue weighted by Crippen LogP contribution is 2.39. The first-order chi connectivity index (χ1) is 30.9. The van der Waals surface area contributed by atoms with Gasteiger partial charge in [-0.25, -0.2) is 29.3 Å². The monoisotopic (exact) mass is 1160 g/mol. The van der Waals surface area contributed by atoms with E-state index in [1.54, 1.807) is 0 Å². The van der Waals surface area contributed by atoms with Crippen LogP contribution in [0.4, 0.5) is 0 Å². The van der Waals surface area contributed by atoms with Crippen LogP contribution >= 0.6 is 0 Å². The summed E-state index contributed by atoms with van der Waals surface area (Å²) in [5, 5.41) is 32.2. The molecular weight excluding hydrogens is 1120 g/mol. The summed E-state index contributed by atoms with van der Waals surface area (Å²) in [5.41, 5.74) is 0. The third-order valence-electron chi connectivity index (χ3n) is 9.49. The summed E-state index contributed by atoms with van der Waals surface area (Å²) in [6.45, 7) is 3.54. The first kappa shape index (κ1) is 60.2. The summed E-state index contributed by atoms with van der Waals surface area (Å²) in [5.74, 6) is 0. The van der Waals surface area contributed by atoms with Gasteiger partial charge in [-0.1, -0.05) is 0 Å². The minimum atomic E-state index is -6.04. The topological polar surface area (TPSA) is 571 Å². The highest BCUT2D eigenvalue weighted by Gasteiger charge is 2.59. The van der Waals surface area contributed by atoms with Gasteiger partial charge < -0.3 is 48.5 Å². The van der Waals surface area contributed by atoms with Crippen molar-refractivity contribution in [3.05, 3.63) is 0 Å². The molecule has 20 atom stereocenters. The first-order valence-corrected chi connectivity index (χ1v) is 27.7. The Bertz CT molecular complexity index is 2590. The summed E-state index contributed by atoms with van der Waals surface area (Å²) in [7, 11) is -41.0. The number of hydrogen-bond donors (Lipinski definition) is 10. The molecule has 0 aromatic rings. The van der Waals surface area contributed by atoms with Crippen molar-refractivity contribution >= 4 is 72.8 Å². The minimum Gasteiger partial charge on any atom is -0.388 e. The zero-order chi connectivity index (χ0) is 52.9. The molecule has 45 heteroatoms. The molecule has 408 valence electrons. The molecule has 0 aromatic carbocycles. The van der Waals surface area contributed by atoms with Gasteiger partial charge in [0.1, 0.15) is 48.8 Å². The lowest BCUT2D eigenvalue weighted by atomic mass is 9.96. The highest BCUT2D eigenvalue weighted by molar-refractivity contribution is 7.82. The van der Waals surface area contributed by atoms with Gasteiger partial charge in [-0.3, -0.25) is 31.9 Å². The maximum absolute atomic E-state index is 12.3. The molecule has 4 aliphatic heterocycles. The highest BCUT2D eigenvalue weighted by atomic mass is 32.3. The molecule has 0 aliphatic carbocycles. The van der Waals surface area contributed by atoms with Gasteiger partial charge >= 0.3 is 72.8 Å². The molecule has 0 unspecified atom stereocenters. The van der Waals surface area contributed by atoms with Gasteiger partial charge in [-0.15, -0.1) is 0 Å². The first-order valence-electron chi connectivity index (χ1n) is 18.1. The summed E-state index contributed by atoms with van der Waals surface area (Å²) in [6, 6.07) is 0. The largest absolute Gasteiger partial charge is 0.397 e. The van der Waals surface area contributed by atoms with Gasteiger partial charge in [0.15, 0.2) is 49.6 Å². The number of hydrogen-bond acceptors (Lipinski definition) is 31. The van der Waals surface area contributed by atoms with Crippen molar-refractivity contribution in [2.45, 2.75) is 151 Å². The summed E-state index contributed by atoms with van der Waals surface area (Å²) < 4.78 is 303. The van der Waals surface area contributed by atoms with Gasteiger partial charge in [0, 0.05) is 0 Å². The molecule has 0 bridgehead atoms. The summed E-state index contributed by atoms with van der Waals surface area (Å²) >= 11 is 0. The van der Waals surface area contributed by atoms with Crippen LogP contribution in [0.1, 0.15) is 27.7 Å². The third-order valence-corrected chi connectivity index (χ3v) is 12.8. The normalized spacial score (nSPS) is 40.3. The molecule has 4 rings (SSSR count). The molecule has 0 radical (unpaired) electrons. The Kier molecular flexibility index (Phi) is 19.1. The number of rotatable bonds is 20. The van der Waals surface area contributed by atoms with Gasteiger partial charge in [0.05, 0.1) is 24.4 Å². The van der Waals surface area contributed by atoms with Crippen molar-refractivity contribution in [1.29, 1.82) is 0 Å². The zero-order valence-corrected chi connectivity index (χ0v) is 40.0. The van der Waals surface area contributed by atoms with E-state index >= 15 is 0 Å². The number of aliphatic hydroxyl groups excluding tert-OH is 3. The van der Waals surface area contributed by atoms with Crippen LogP contribution in [-0.2, 0) is 135 Å². The van der Waals surface area contributed by atoms with Crippen molar-refractivity contribution in [2.24, 2.45) is 0 Å². The average molecular weight is 1160 g/mol. The standard InChI is InChI=1S/C24H42O38S7/c1-5-9(25)13(18(60-67(40,41)42)22(50-5)53-11-7(3)49-21(27)17(59-66(37,38)39)15(11)57-64(31,32)33)55-24-20(62-69(46,47)48)16(58-65(34,35)36)12(8(4)52-24)54-23-19(61-68(43,44)45)14(56-63(28,29)30)10(26)6(2)51-23/h5-27H,1-4H3,(H,28,29,30)(H,31,32,33)(H,34,35,36)(H,37,38,39)(H,40,41,42)(H,43,44,45)(H,46,47,48)/t5-,6-,7-,8-,9+,10+,11+,12+,13+,14+,15+,16+,17-,18-,19-,20-,21-,22-,23-,24-/m0/s1. The molecule has 10 N–H and O–H groups in total. The molecule has 38 nitrogen and oxygen atoms in total. The van der Waals surface area contributed by atoms with Crippen LogP contribution in [0.3, 0.4) is 0 Å². The lowest BCUT2D eigenvalue weighted by Crippen LogP contribution is -2.68. The molecule has 4 aliphatic rings. The summed E-state index contributed by atoms with van der Waals surface area (Å²) in [6.07, 6.45) is -50.1. The fourth-order valence-corrected chi connectivity index (χ4v) is 10.4. The number of aliphatic hydroxyl groups is 3. The molecule has 4 fully saturated rings. The van der Waals surface area contributed by atoms with E-state index in [4.69, 9.17) is 33.2 Å². The number of ether oxygens (including phenoxy) is 7. The second-order valence-electron chi connectivity index (χ2n) is 14.6. The SMILES string of the molecule is C[C@@H]1O[C@@H](O[C@H]2[C@@H](OS(=O)(=O)O)[C@H](OS(=O)(=O)O)[C@@H](O)O[C@H]2C)[C@@H](OS(=O)(=O)O)[C@H](O[C@@H]2O[C@@H](C)[C@@H](O[C@@H]3O[C@@H](C)[C@@H](O)[C@@H](OS(=O)(=O)O)[C@@H]3OS(=O)(=O)O)[C@@H](OS(=O)(=O)O)[C@@H]2OS(=O)(=O)O)[C@@H]1O. The fraction of sp³-hybridized carbons (Fsp3) is 1.00. The van der Waals surface area contributed by atoms with E-state index in [0.717, 1.165) is 27.7 Å². The van der Waals surface area contributed by atoms with Crippen LogP contribution in [0, 0.1) is 0 Å². The lowest BCUT2D eigenvalue weighted by Gasteiger charge is -2.49. The summed E-state index contributed by atoms with van der Waals surface area (Å²) in [4.78, 5) is 0. The van der Waals surface area contributed by atoms with E-state index in [1.807, 2.05) is 0 Å². The fourth-order valence-electron chi connectivity index (χ4n) is 6.98. The maximum atomic E-state index is 12.3. The van der Waals surface area contributed by atoms with Crippen LogP contribution in [-0.4, -0.2) is 229 Å². The van der Waals surface area contributed by atoms with Crippen molar-refractivity contribution in [2.75, 3.05) is 0 Å². The Balaban J connectivity index is 1.84. The second-order valence-corrected chi connectivity index (χ2v) is 21.9. The Labute approximate surface area is 390 Å². The average Bonchev–Trinajstić information content (AvgIpc) is 3.11. The Morgan fingerprint density at radius 1 is 0.290 bits per heavy atom. The molecule has 0 amide bonds. The Morgan fingerprint density at radius 3 is 0.884 bits per heavy atom. The quantitative estimate of drug-likeness (QED) is 0.0507. The predicted octanol–water partition coefficient (Wildman–Crippen LogP) is -6.85. The minimum absolute atomic E-state index is 0.803. The van der Waals surface area contributed by atoms with E-state index in [2.05, 4.69) is 29.3 Å². The van der Waals surface area contributed by atoms with E-state index in [9.17, 15) is 106 Å². The van der Waals surface area contributed by atoms with Gasteiger partial charge in [-0.2, -0.15) is 58.9 Å². The van der Waals surface area contributed by atoms with Crippen molar-refractivity contribution in [1.82, 2.24) is 0 Å². The molecule has 0 aromatic heterocycles. The van der Waals surface area contributed by atoms with Crippen LogP contribution in [0.5, 0.6) is 0 Å². The third kappa shape index (κ3) is 17.7. The molecule has 4 heterocycles. The van der Waals surface area contributed by atoms with Crippen molar-refractivity contribution in [3.63, 3.8) is 0 Å². The van der Waals surface area contributed by atoms with Gasteiger partial charge in [-0.05, 0) is 27.7 Å². The van der Waals surface area contributed by atoms with E-state index in [0.29, 0.717) is 0 Å². The Hall–Kier alpha value is -1.31. The van der Waals surface area contributed by atoms with E-state index < -0.39 is 196 Å². The molecule has 4 saturated heterocycles.